The van der Waals surface area contributed by atoms with Crippen LogP contribution in [-0.4, -0.2) is 48.6 Å². The maximum Gasteiger partial charge on any atom is 0.356 e. The number of piperidine rings is 1. The molecule has 1 aromatic rings. The number of nitrogen functional groups attached to an aromatic ring is 1. The third-order valence-electron chi connectivity index (χ3n) is 3.90. The van der Waals surface area contributed by atoms with Crippen LogP contribution in [0.3, 0.4) is 0 Å². The number of carbonyl (C=O) groups excluding carboxylic acids is 1. The van der Waals surface area contributed by atoms with E-state index in [0.717, 1.165) is 19.6 Å². The Kier molecular flexibility index (Phi) is 5.38. The third-order valence-corrected chi connectivity index (χ3v) is 3.90. The number of esters is 1. The van der Waals surface area contributed by atoms with Gasteiger partial charge >= 0.3 is 5.97 Å². The Bertz CT molecular complexity index is 487. The average Bonchev–Trinajstić information content (AvgIpc) is 2.53. The van der Waals surface area contributed by atoms with Crippen molar-refractivity contribution in [1.29, 1.82) is 0 Å². The van der Waals surface area contributed by atoms with E-state index in [0.29, 0.717) is 17.5 Å². The molecule has 0 amide bonds. The van der Waals surface area contributed by atoms with Crippen molar-refractivity contribution in [3.63, 3.8) is 0 Å². The lowest BCUT2D eigenvalue weighted by Gasteiger charge is -2.32. The highest BCUT2D eigenvalue weighted by molar-refractivity contribution is 5.88. The van der Waals surface area contributed by atoms with E-state index >= 15 is 0 Å². The van der Waals surface area contributed by atoms with Crippen LogP contribution >= 0.6 is 0 Å². The summed E-state index contributed by atoms with van der Waals surface area (Å²) < 4.78 is 4.67. The van der Waals surface area contributed by atoms with Gasteiger partial charge in [0.2, 0.25) is 0 Å². The van der Waals surface area contributed by atoms with E-state index in [9.17, 15) is 4.79 Å². The van der Waals surface area contributed by atoms with Gasteiger partial charge in [-0.05, 0) is 45.0 Å². The second-order valence-electron chi connectivity index (χ2n) is 5.45. The number of likely N-dealkylation sites (tertiary alicyclic amines) is 1. The van der Waals surface area contributed by atoms with E-state index in [2.05, 4.69) is 26.9 Å². The van der Waals surface area contributed by atoms with E-state index in [1.807, 2.05) is 0 Å². The van der Waals surface area contributed by atoms with Gasteiger partial charge < -0.3 is 15.8 Å². The van der Waals surface area contributed by atoms with Crippen LogP contribution in [0.15, 0.2) is 12.1 Å². The topological polar surface area (TPSA) is 80.5 Å². The van der Waals surface area contributed by atoms with Gasteiger partial charge in [0, 0.05) is 12.6 Å². The number of hydrogen-bond donors (Lipinski definition) is 2. The third kappa shape index (κ3) is 4.07. The molecule has 1 saturated heterocycles. The molecule has 0 spiro atoms. The van der Waals surface area contributed by atoms with E-state index in [1.54, 1.807) is 12.1 Å². The largest absolute Gasteiger partial charge is 0.464 e. The molecule has 0 radical (unpaired) electrons. The molecule has 0 bridgehead atoms. The molecule has 2 heterocycles. The summed E-state index contributed by atoms with van der Waals surface area (Å²) in [5.74, 6) is 0.0869. The minimum Gasteiger partial charge on any atom is -0.464 e. The Morgan fingerprint density at radius 3 is 2.81 bits per heavy atom. The number of methoxy groups -OCH3 is 1. The first-order chi connectivity index (χ1) is 10.1. The molecule has 116 valence electrons. The number of nitrogens with zero attached hydrogens (tertiary/aromatic N) is 2. The van der Waals surface area contributed by atoms with Crippen LogP contribution in [-0.2, 0) is 4.74 Å². The number of rotatable bonds is 5. The van der Waals surface area contributed by atoms with Gasteiger partial charge in [0.1, 0.15) is 5.82 Å². The Hall–Kier alpha value is -1.82. The molecule has 1 aliphatic rings. The van der Waals surface area contributed by atoms with E-state index in [-0.39, 0.29) is 5.69 Å². The molecule has 2 rings (SSSR count). The van der Waals surface area contributed by atoms with Gasteiger partial charge in [-0.1, -0.05) is 6.42 Å². The Balaban J connectivity index is 1.96. The van der Waals surface area contributed by atoms with Gasteiger partial charge in [0.05, 0.1) is 12.8 Å². The van der Waals surface area contributed by atoms with Crippen LogP contribution in [0.1, 0.15) is 36.7 Å². The average molecular weight is 292 g/mol. The van der Waals surface area contributed by atoms with Gasteiger partial charge in [0.15, 0.2) is 5.69 Å². The molecule has 0 aliphatic carbocycles. The van der Waals surface area contributed by atoms with Crippen molar-refractivity contribution in [3.8, 4) is 0 Å². The predicted molar refractivity (Wildman–Crippen MR) is 83.4 cm³/mol. The Labute approximate surface area is 125 Å². The summed E-state index contributed by atoms with van der Waals surface area (Å²) in [6.45, 7) is 5.24. The van der Waals surface area contributed by atoms with Crippen molar-refractivity contribution in [3.05, 3.63) is 17.8 Å². The second kappa shape index (κ2) is 7.26. The van der Waals surface area contributed by atoms with E-state index < -0.39 is 5.97 Å². The van der Waals surface area contributed by atoms with Crippen molar-refractivity contribution in [2.24, 2.45) is 0 Å². The van der Waals surface area contributed by atoms with E-state index in [4.69, 9.17) is 5.73 Å². The van der Waals surface area contributed by atoms with Crippen LogP contribution in [0.25, 0.3) is 0 Å². The summed E-state index contributed by atoms with van der Waals surface area (Å²) in [7, 11) is 1.34. The zero-order valence-electron chi connectivity index (χ0n) is 12.8. The summed E-state index contributed by atoms with van der Waals surface area (Å²) in [5, 5.41) is 3.24. The van der Waals surface area contributed by atoms with Crippen LogP contribution in [0.2, 0.25) is 0 Å². The van der Waals surface area contributed by atoms with Gasteiger partial charge in [0.25, 0.3) is 0 Å². The van der Waals surface area contributed by atoms with Crippen molar-refractivity contribution < 1.29 is 9.53 Å². The molecule has 1 aliphatic heterocycles. The minimum atomic E-state index is -0.456. The lowest BCUT2D eigenvalue weighted by Crippen LogP contribution is -2.41. The summed E-state index contributed by atoms with van der Waals surface area (Å²) in [4.78, 5) is 18.2. The van der Waals surface area contributed by atoms with Gasteiger partial charge in [-0.15, -0.1) is 0 Å². The molecular formula is C15H24N4O2. The van der Waals surface area contributed by atoms with Crippen molar-refractivity contribution in [2.75, 3.05) is 37.8 Å². The standard InChI is InChI=1S/C15H24N4O2/c1-11(19-8-4-3-5-9-19)10-17-14-12(16)6-7-13(18-14)15(20)21-2/h6-7,11H,3-5,8-10,16H2,1-2H3,(H,17,18). The monoisotopic (exact) mass is 292 g/mol. The van der Waals surface area contributed by atoms with Crippen molar-refractivity contribution in [2.45, 2.75) is 32.2 Å². The number of ether oxygens (including phenoxy) is 1. The molecule has 6 heteroatoms. The zero-order chi connectivity index (χ0) is 15.2. The maximum absolute atomic E-state index is 11.5. The normalized spacial score (nSPS) is 17.2. The quantitative estimate of drug-likeness (QED) is 0.805. The predicted octanol–water partition coefficient (Wildman–Crippen LogP) is 1.74. The molecular weight excluding hydrogens is 268 g/mol. The summed E-state index contributed by atoms with van der Waals surface area (Å²) >= 11 is 0. The molecule has 0 saturated carbocycles. The number of hydrogen-bond acceptors (Lipinski definition) is 6. The summed E-state index contributed by atoms with van der Waals surface area (Å²) in [6.07, 6.45) is 3.86. The first-order valence-electron chi connectivity index (χ1n) is 7.44. The van der Waals surface area contributed by atoms with Crippen LogP contribution in [0, 0.1) is 0 Å². The lowest BCUT2D eigenvalue weighted by atomic mass is 10.1. The zero-order valence-corrected chi connectivity index (χ0v) is 12.8. The fourth-order valence-electron chi connectivity index (χ4n) is 2.56. The Morgan fingerprint density at radius 2 is 2.14 bits per heavy atom. The number of pyridine rings is 1. The van der Waals surface area contributed by atoms with Crippen LogP contribution in [0.5, 0.6) is 0 Å². The highest BCUT2D eigenvalue weighted by Crippen LogP contribution is 2.17. The number of anilines is 2. The molecule has 1 atom stereocenters. The first-order valence-corrected chi connectivity index (χ1v) is 7.44. The molecule has 1 fully saturated rings. The summed E-state index contributed by atoms with van der Waals surface area (Å²) in [6, 6.07) is 3.65. The smallest absolute Gasteiger partial charge is 0.356 e. The first kappa shape index (κ1) is 15.6. The fraction of sp³-hybridized carbons (Fsp3) is 0.600. The maximum atomic E-state index is 11.5. The van der Waals surface area contributed by atoms with Crippen LogP contribution in [0.4, 0.5) is 11.5 Å². The number of nitrogens with one attached hydrogen (secondary N) is 1. The summed E-state index contributed by atoms with van der Waals surface area (Å²) in [5.41, 5.74) is 6.70. The molecule has 0 aromatic carbocycles. The highest BCUT2D eigenvalue weighted by atomic mass is 16.5. The van der Waals surface area contributed by atoms with Gasteiger partial charge in [-0.25, -0.2) is 9.78 Å². The minimum absolute atomic E-state index is 0.264. The highest BCUT2D eigenvalue weighted by Gasteiger charge is 2.17. The lowest BCUT2D eigenvalue weighted by molar-refractivity contribution is 0.0594. The molecule has 1 aromatic heterocycles. The van der Waals surface area contributed by atoms with Gasteiger partial charge in [-0.2, -0.15) is 0 Å². The van der Waals surface area contributed by atoms with Crippen molar-refractivity contribution >= 4 is 17.5 Å². The number of carbonyl (C=O) groups is 1. The van der Waals surface area contributed by atoms with Gasteiger partial charge in [-0.3, -0.25) is 4.90 Å². The number of nitrogens with two attached hydrogens (primary N) is 1. The van der Waals surface area contributed by atoms with Crippen LogP contribution < -0.4 is 11.1 Å². The SMILES string of the molecule is COC(=O)c1ccc(N)c(NCC(C)N2CCCCC2)n1. The van der Waals surface area contributed by atoms with E-state index in [1.165, 1.54) is 26.4 Å². The molecule has 1 unspecified atom stereocenters. The molecule has 3 N–H and O–H groups in total. The fourth-order valence-corrected chi connectivity index (χ4v) is 2.56. The Morgan fingerprint density at radius 1 is 1.43 bits per heavy atom. The molecule has 6 nitrogen and oxygen atoms in total. The number of aromatic nitrogens is 1. The van der Waals surface area contributed by atoms with Crippen molar-refractivity contribution in [1.82, 2.24) is 9.88 Å². The second-order valence-corrected chi connectivity index (χ2v) is 5.45. The molecule has 21 heavy (non-hydrogen) atoms.